The highest BCUT2D eigenvalue weighted by Gasteiger charge is 2.60. The Labute approximate surface area is 182 Å². The van der Waals surface area contributed by atoms with Crippen LogP contribution >= 0.6 is 11.8 Å². The van der Waals surface area contributed by atoms with E-state index in [9.17, 15) is 19.5 Å². The summed E-state index contributed by atoms with van der Waals surface area (Å²) in [5.74, 6) is -1.33. The molecule has 168 valence electrons. The highest BCUT2D eigenvalue weighted by molar-refractivity contribution is 8.03. The van der Waals surface area contributed by atoms with E-state index in [4.69, 9.17) is 0 Å². The third-order valence-electron chi connectivity index (χ3n) is 6.45. The van der Waals surface area contributed by atoms with Crippen molar-refractivity contribution in [1.82, 2.24) is 20.4 Å². The second kappa shape index (κ2) is 9.28. The Hall–Kier alpha value is -1.58. The number of rotatable bonds is 9. The molecule has 30 heavy (non-hydrogen) atoms. The minimum atomic E-state index is -1.04. The zero-order chi connectivity index (χ0) is 22.2. The highest BCUT2D eigenvalue weighted by atomic mass is 32.2. The molecule has 1 unspecified atom stereocenters. The number of aliphatic carboxylic acids is 1. The fraction of sp³-hybridized carbons (Fsp3) is 0.762. The summed E-state index contributed by atoms with van der Waals surface area (Å²) in [6.07, 6.45) is 2.79. The summed E-state index contributed by atoms with van der Waals surface area (Å²) >= 11 is 1.53. The van der Waals surface area contributed by atoms with Gasteiger partial charge in [0.1, 0.15) is 5.70 Å². The lowest BCUT2D eigenvalue weighted by atomic mass is 9.78. The van der Waals surface area contributed by atoms with Crippen LogP contribution in [0.5, 0.6) is 0 Å². The van der Waals surface area contributed by atoms with Crippen molar-refractivity contribution in [2.24, 2.45) is 11.8 Å². The molecule has 0 bridgehead atoms. The van der Waals surface area contributed by atoms with E-state index in [0.717, 1.165) is 24.3 Å². The van der Waals surface area contributed by atoms with Gasteiger partial charge in [0.05, 0.1) is 18.0 Å². The van der Waals surface area contributed by atoms with E-state index in [1.165, 1.54) is 16.7 Å². The molecule has 0 radical (unpaired) electrons. The summed E-state index contributed by atoms with van der Waals surface area (Å²) < 4.78 is 0. The molecule has 0 aromatic carbocycles. The largest absolute Gasteiger partial charge is 0.477 e. The number of carbonyl (C=O) groups excluding carboxylic acids is 2. The van der Waals surface area contributed by atoms with Gasteiger partial charge in [-0.1, -0.05) is 20.3 Å². The number of amides is 2. The number of likely N-dealkylation sites (N-methyl/N-ethyl adjacent to an activating group) is 1. The van der Waals surface area contributed by atoms with Crippen molar-refractivity contribution in [2.45, 2.75) is 63.4 Å². The number of β-lactam (4-membered cyclic amide) rings is 1. The zero-order valence-corrected chi connectivity index (χ0v) is 19.3. The first-order valence-electron chi connectivity index (χ1n) is 10.8. The molecular weight excluding hydrogens is 404 g/mol. The van der Waals surface area contributed by atoms with Crippen LogP contribution in [0.15, 0.2) is 10.6 Å². The summed E-state index contributed by atoms with van der Waals surface area (Å²) in [4.78, 5) is 41.0. The molecule has 0 spiro atoms. The predicted octanol–water partition coefficient (Wildman–Crippen LogP) is 1.09. The van der Waals surface area contributed by atoms with E-state index < -0.39 is 5.97 Å². The molecule has 6 atom stereocenters. The lowest BCUT2D eigenvalue weighted by Gasteiger charge is -2.47. The highest BCUT2D eigenvalue weighted by Crippen LogP contribution is 2.51. The fourth-order valence-electron chi connectivity index (χ4n) is 4.80. The molecule has 9 heteroatoms. The molecule has 2 fully saturated rings. The summed E-state index contributed by atoms with van der Waals surface area (Å²) in [5.41, 5.74) is 0.141. The molecule has 3 N–H and O–H groups in total. The maximum atomic E-state index is 12.9. The van der Waals surface area contributed by atoms with E-state index in [1.807, 2.05) is 13.8 Å². The third-order valence-corrected chi connectivity index (χ3v) is 7.96. The molecule has 3 heterocycles. The van der Waals surface area contributed by atoms with Crippen LogP contribution in [0, 0.1) is 11.8 Å². The third kappa shape index (κ3) is 4.11. The Kier molecular flexibility index (Phi) is 7.14. The van der Waals surface area contributed by atoms with Crippen LogP contribution in [0.25, 0.3) is 0 Å². The van der Waals surface area contributed by atoms with Crippen LogP contribution in [0.1, 0.15) is 40.0 Å². The number of thioether (sulfide) groups is 1. The van der Waals surface area contributed by atoms with Crippen molar-refractivity contribution < 1.29 is 19.5 Å². The van der Waals surface area contributed by atoms with Crippen molar-refractivity contribution in [3.63, 3.8) is 0 Å². The molecule has 3 aliphatic heterocycles. The van der Waals surface area contributed by atoms with Crippen molar-refractivity contribution in [1.29, 1.82) is 0 Å². The number of nitrogens with one attached hydrogen (secondary N) is 2. The average molecular weight is 439 g/mol. The second-order valence-corrected chi connectivity index (χ2v) is 10.1. The monoisotopic (exact) mass is 438 g/mol. The van der Waals surface area contributed by atoms with Crippen molar-refractivity contribution in [2.75, 3.05) is 27.2 Å². The second-order valence-electron chi connectivity index (χ2n) is 8.80. The van der Waals surface area contributed by atoms with E-state index in [0.29, 0.717) is 13.0 Å². The number of carbonyl (C=O) groups is 3. The molecule has 0 aromatic heterocycles. The minimum Gasteiger partial charge on any atom is -0.477 e. The molecule has 2 saturated heterocycles. The van der Waals surface area contributed by atoms with Crippen molar-refractivity contribution in [3.8, 4) is 0 Å². The standard InChI is InChI=1S/C21H34N4O4S/c1-6-7-8-22-12(3)15-16-11(2)18(17(21(28)29)25(16)20(15)27)30-13-9-14(23-10-13)19(26)24(4)5/h11-16,22-23H,6-10H2,1-5H3,(H,28,29)/t11-,12?,13+,14+,15-,16-/m1/s1. The van der Waals surface area contributed by atoms with E-state index in [-0.39, 0.29) is 52.7 Å². The molecule has 0 aliphatic carbocycles. The van der Waals surface area contributed by atoms with Gasteiger partial charge >= 0.3 is 5.97 Å². The van der Waals surface area contributed by atoms with E-state index >= 15 is 0 Å². The Morgan fingerprint density at radius 1 is 1.40 bits per heavy atom. The maximum Gasteiger partial charge on any atom is 0.353 e. The number of fused-ring (bicyclic) bond motifs is 1. The predicted molar refractivity (Wildman–Crippen MR) is 117 cm³/mol. The van der Waals surface area contributed by atoms with Gasteiger partial charge in [0.2, 0.25) is 11.8 Å². The average Bonchev–Trinajstić information content (AvgIpc) is 3.24. The molecule has 0 saturated carbocycles. The van der Waals surface area contributed by atoms with Gasteiger partial charge in [-0.3, -0.25) is 9.59 Å². The normalized spacial score (nSPS) is 31.6. The number of carboxylic acids is 1. The summed E-state index contributed by atoms with van der Waals surface area (Å²) in [6, 6.07) is -0.330. The van der Waals surface area contributed by atoms with E-state index in [1.54, 1.807) is 19.0 Å². The Balaban J connectivity index is 1.72. The lowest BCUT2D eigenvalue weighted by molar-refractivity contribution is -0.158. The van der Waals surface area contributed by atoms with Crippen molar-refractivity contribution >= 4 is 29.5 Å². The minimum absolute atomic E-state index is 0.0161. The zero-order valence-electron chi connectivity index (χ0n) is 18.5. The summed E-state index contributed by atoms with van der Waals surface area (Å²) in [6.45, 7) is 7.68. The fourth-order valence-corrected chi connectivity index (χ4v) is 6.28. The lowest BCUT2D eigenvalue weighted by Crippen LogP contribution is -2.65. The molecular formula is C21H34N4O4S. The van der Waals surface area contributed by atoms with Crippen LogP contribution < -0.4 is 10.6 Å². The maximum absolute atomic E-state index is 12.9. The molecule has 8 nitrogen and oxygen atoms in total. The van der Waals surface area contributed by atoms with Crippen LogP contribution in [0.2, 0.25) is 0 Å². The molecule has 0 aromatic rings. The van der Waals surface area contributed by atoms with Gasteiger partial charge in [-0.15, -0.1) is 11.8 Å². The van der Waals surface area contributed by atoms with Gasteiger partial charge in [-0.2, -0.15) is 0 Å². The van der Waals surface area contributed by atoms with Gasteiger partial charge in [0, 0.05) is 42.8 Å². The van der Waals surface area contributed by atoms with E-state index in [2.05, 4.69) is 17.6 Å². The van der Waals surface area contributed by atoms with Crippen LogP contribution in [0.3, 0.4) is 0 Å². The number of nitrogens with zero attached hydrogens (tertiary/aromatic N) is 2. The Morgan fingerprint density at radius 3 is 2.70 bits per heavy atom. The Morgan fingerprint density at radius 2 is 2.10 bits per heavy atom. The van der Waals surface area contributed by atoms with Crippen LogP contribution in [-0.2, 0) is 14.4 Å². The van der Waals surface area contributed by atoms with Gasteiger partial charge < -0.3 is 25.5 Å². The summed E-state index contributed by atoms with van der Waals surface area (Å²) in [7, 11) is 3.47. The van der Waals surface area contributed by atoms with Crippen molar-refractivity contribution in [3.05, 3.63) is 10.6 Å². The topological polar surface area (TPSA) is 102 Å². The first kappa shape index (κ1) is 23.1. The van der Waals surface area contributed by atoms with Crippen LogP contribution in [0.4, 0.5) is 0 Å². The molecule has 3 aliphatic rings. The summed E-state index contributed by atoms with van der Waals surface area (Å²) in [5, 5.41) is 16.7. The molecule has 3 rings (SSSR count). The number of hydrogen-bond donors (Lipinski definition) is 3. The smallest absolute Gasteiger partial charge is 0.353 e. The number of hydrogen-bond acceptors (Lipinski definition) is 6. The van der Waals surface area contributed by atoms with Gasteiger partial charge in [-0.25, -0.2) is 4.79 Å². The van der Waals surface area contributed by atoms with Gasteiger partial charge in [-0.05, 0) is 26.3 Å². The number of carboxylic acid groups (broad SMARTS) is 1. The first-order valence-corrected chi connectivity index (χ1v) is 11.7. The van der Waals surface area contributed by atoms with Gasteiger partial charge in [0.25, 0.3) is 0 Å². The molecule has 2 amide bonds. The van der Waals surface area contributed by atoms with Crippen LogP contribution in [-0.4, -0.2) is 83.3 Å². The first-order chi connectivity index (χ1) is 14.2. The number of unbranched alkanes of at least 4 members (excludes halogenated alkanes) is 1. The quantitative estimate of drug-likeness (QED) is 0.366. The SMILES string of the molecule is CCCCNC(C)[C@H]1C(=O)N2C(C(=O)O)=C(S[C@@H]3CN[C@H](C(=O)N(C)C)C3)[C@H](C)[C@H]12. The Bertz CT molecular complexity index is 741. The van der Waals surface area contributed by atoms with Gasteiger partial charge in [0.15, 0.2) is 0 Å².